The predicted octanol–water partition coefficient (Wildman–Crippen LogP) is 2.08. The number of aryl methyl sites for hydroxylation is 1. The van der Waals surface area contributed by atoms with Crippen LogP contribution in [-0.2, 0) is 21.4 Å². The Morgan fingerprint density at radius 3 is 2.58 bits per heavy atom. The van der Waals surface area contributed by atoms with Gasteiger partial charge in [0.25, 0.3) is 10.0 Å². The zero-order valence-corrected chi connectivity index (χ0v) is 17.1. The summed E-state index contributed by atoms with van der Waals surface area (Å²) in [7, 11) is -3.80. The van der Waals surface area contributed by atoms with E-state index in [1.54, 1.807) is 55.5 Å². The Kier molecular flexibility index (Phi) is 5.45. The molecule has 2 aromatic carbocycles. The molecule has 1 amide bonds. The van der Waals surface area contributed by atoms with Gasteiger partial charge < -0.3 is 9.84 Å². The Labute approximate surface area is 177 Å². The van der Waals surface area contributed by atoms with Crippen LogP contribution in [0.3, 0.4) is 0 Å². The number of rotatable bonds is 7. The van der Waals surface area contributed by atoms with E-state index in [1.165, 1.54) is 12.1 Å². The van der Waals surface area contributed by atoms with Crippen molar-refractivity contribution in [1.82, 2.24) is 25.4 Å². The van der Waals surface area contributed by atoms with E-state index in [4.69, 9.17) is 4.52 Å². The fourth-order valence-corrected chi connectivity index (χ4v) is 3.83. The van der Waals surface area contributed by atoms with Crippen molar-refractivity contribution in [2.75, 3.05) is 10.0 Å². The van der Waals surface area contributed by atoms with Crippen LogP contribution >= 0.6 is 0 Å². The van der Waals surface area contributed by atoms with Crippen molar-refractivity contribution in [2.45, 2.75) is 18.4 Å². The average Bonchev–Trinajstić information content (AvgIpc) is 3.37. The molecule has 31 heavy (non-hydrogen) atoms. The molecule has 0 radical (unpaired) electrons. The molecule has 0 aliphatic heterocycles. The second-order valence-corrected chi connectivity index (χ2v) is 8.16. The molecule has 4 aromatic rings. The molecule has 0 unspecified atom stereocenters. The van der Waals surface area contributed by atoms with Gasteiger partial charge in [0.15, 0.2) is 5.82 Å². The van der Waals surface area contributed by atoms with E-state index >= 15 is 0 Å². The largest absolute Gasteiger partial charge is 0.360 e. The Hall–Kier alpha value is -4.06. The summed E-state index contributed by atoms with van der Waals surface area (Å²) < 4.78 is 32.8. The van der Waals surface area contributed by atoms with E-state index in [2.05, 4.69) is 30.6 Å². The molecule has 0 spiro atoms. The molecule has 0 atom stereocenters. The molecule has 11 nitrogen and oxygen atoms in total. The van der Waals surface area contributed by atoms with Gasteiger partial charge in [-0.05, 0) is 36.4 Å². The van der Waals surface area contributed by atoms with Crippen molar-refractivity contribution in [3.63, 3.8) is 0 Å². The lowest BCUT2D eigenvalue weighted by atomic mass is 10.2. The number of anilines is 2. The minimum atomic E-state index is -3.80. The van der Waals surface area contributed by atoms with Crippen molar-refractivity contribution in [3.05, 3.63) is 66.4 Å². The monoisotopic (exact) mass is 439 g/mol. The standard InChI is InChI=1S/C19H17N7O4S/c1-13-11-17(23-30-13)20-18(27)12-26-22-19(21-25-26)15-9-5-6-10-16(15)24-31(28,29)14-7-3-2-4-8-14/h2-11,24H,12H2,1H3,(H,20,23,27). The van der Waals surface area contributed by atoms with Gasteiger partial charge in [-0.15, -0.1) is 10.2 Å². The summed E-state index contributed by atoms with van der Waals surface area (Å²) in [6.07, 6.45) is 0. The third-order valence-corrected chi connectivity index (χ3v) is 5.48. The van der Waals surface area contributed by atoms with E-state index in [0.29, 0.717) is 11.3 Å². The van der Waals surface area contributed by atoms with Crippen molar-refractivity contribution >= 4 is 27.4 Å². The summed E-state index contributed by atoms with van der Waals surface area (Å²) in [4.78, 5) is 13.4. The van der Waals surface area contributed by atoms with Crippen LogP contribution in [0.4, 0.5) is 11.5 Å². The molecule has 158 valence electrons. The van der Waals surface area contributed by atoms with Crippen molar-refractivity contribution in [3.8, 4) is 11.4 Å². The fourth-order valence-electron chi connectivity index (χ4n) is 2.72. The van der Waals surface area contributed by atoms with Crippen LogP contribution in [0.15, 0.2) is 70.1 Å². The van der Waals surface area contributed by atoms with Gasteiger partial charge in [0, 0.05) is 11.6 Å². The molecule has 0 bridgehead atoms. The summed E-state index contributed by atoms with van der Waals surface area (Å²) in [5, 5.41) is 18.2. The Morgan fingerprint density at radius 2 is 1.84 bits per heavy atom. The molecule has 0 fully saturated rings. The van der Waals surface area contributed by atoms with Crippen molar-refractivity contribution in [1.29, 1.82) is 0 Å². The first-order valence-corrected chi connectivity index (χ1v) is 10.6. The highest BCUT2D eigenvalue weighted by atomic mass is 32.2. The van der Waals surface area contributed by atoms with Crippen LogP contribution in [0.5, 0.6) is 0 Å². The van der Waals surface area contributed by atoms with Crippen LogP contribution in [-0.4, -0.2) is 39.7 Å². The van der Waals surface area contributed by atoms with Crippen LogP contribution in [0.2, 0.25) is 0 Å². The summed E-state index contributed by atoms with van der Waals surface area (Å²) in [6.45, 7) is 1.49. The van der Waals surface area contributed by atoms with Crippen molar-refractivity contribution in [2.24, 2.45) is 0 Å². The first-order chi connectivity index (χ1) is 14.9. The molecule has 12 heteroatoms. The van der Waals surface area contributed by atoms with Gasteiger partial charge >= 0.3 is 0 Å². The van der Waals surface area contributed by atoms with Gasteiger partial charge in [-0.25, -0.2) is 8.42 Å². The molecule has 0 aliphatic carbocycles. The summed E-state index contributed by atoms with van der Waals surface area (Å²) >= 11 is 0. The molecule has 2 aromatic heterocycles. The smallest absolute Gasteiger partial charge is 0.261 e. The number of tetrazole rings is 1. The molecule has 0 aliphatic rings. The topological polar surface area (TPSA) is 145 Å². The molecule has 2 heterocycles. The van der Waals surface area contributed by atoms with Gasteiger partial charge in [0.1, 0.15) is 12.3 Å². The number of nitrogens with zero attached hydrogens (tertiary/aromatic N) is 5. The first kappa shape index (κ1) is 20.2. The highest BCUT2D eigenvalue weighted by molar-refractivity contribution is 7.92. The highest BCUT2D eigenvalue weighted by Gasteiger charge is 2.18. The Bertz CT molecular complexity index is 1320. The number of amides is 1. The second-order valence-electron chi connectivity index (χ2n) is 6.48. The van der Waals surface area contributed by atoms with Crippen molar-refractivity contribution < 1.29 is 17.7 Å². The van der Waals surface area contributed by atoms with Gasteiger partial charge in [-0.3, -0.25) is 9.52 Å². The van der Waals surface area contributed by atoms with Gasteiger partial charge in [-0.2, -0.15) is 4.80 Å². The maximum Gasteiger partial charge on any atom is 0.261 e. The zero-order valence-electron chi connectivity index (χ0n) is 16.3. The predicted molar refractivity (Wildman–Crippen MR) is 110 cm³/mol. The normalized spacial score (nSPS) is 11.3. The Morgan fingerprint density at radius 1 is 1.10 bits per heavy atom. The van der Waals surface area contributed by atoms with Crippen LogP contribution < -0.4 is 10.0 Å². The maximum atomic E-state index is 12.7. The minimum Gasteiger partial charge on any atom is -0.360 e. The highest BCUT2D eigenvalue weighted by Crippen LogP contribution is 2.26. The molecular formula is C19H17N7O4S. The summed E-state index contributed by atoms with van der Waals surface area (Å²) in [5.74, 6) is 0.585. The number of carbonyl (C=O) groups is 1. The molecule has 0 saturated heterocycles. The number of nitrogens with one attached hydrogen (secondary N) is 2. The van der Waals surface area contributed by atoms with Gasteiger partial charge in [0.05, 0.1) is 10.6 Å². The van der Waals surface area contributed by atoms with E-state index in [0.717, 1.165) is 4.80 Å². The van der Waals surface area contributed by atoms with E-state index in [-0.39, 0.29) is 28.8 Å². The maximum absolute atomic E-state index is 12.7. The zero-order chi connectivity index (χ0) is 21.8. The number of para-hydroxylation sites is 1. The summed E-state index contributed by atoms with van der Waals surface area (Å²) in [5.41, 5.74) is 0.703. The molecule has 4 rings (SSSR count). The lowest BCUT2D eigenvalue weighted by molar-refractivity contribution is -0.117. The number of aromatic nitrogens is 5. The minimum absolute atomic E-state index is 0.126. The third kappa shape index (κ3) is 4.75. The Balaban J connectivity index is 1.52. The molecule has 2 N–H and O–H groups in total. The summed E-state index contributed by atoms with van der Waals surface area (Å²) in [6, 6.07) is 16.2. The van der Waals surface area contributed by atoms with Gasteiger partial charge in [-0.1, -0.05) is 35.5 Å². The number of carbonyl (C=O) groups excluding carboxylic acids is 1. The molecule has 0 saturated carbocycles. The van der Waals surface area contributed by atoms with Crippen LogP contribution in [0.25, 0.3) is 11.4 Å². The van der Waals surface area contributed by atoms with E-state index in [1.807, 2.05) is 0 Å². The number of benzene rings is 2. The quantitative estimate of drug-likeness (QED) is 0.445. The van der Waals surface area contributed by atoms with Gasteiger partial charge in [0.2, 0.25) is 11.7 Å². The van der Waals surface area contributed by atoms with Crippen LogP contribution in [0, 0.1) is 6.92 Å². The second kappa shape index (κ2) is 8.36. The van der Waals surface area contributed by atoms with Crippen LogP contribution in [0.1, 0.15) is 5.76 Å². The third-order valence-electron chi connectivity index (χ3n) is 4.10. The number of sulfonamides is 1. The van der Waals surface area contributed by atoms with E-state index < -0.39 is 15.9 Å². The molecular weight excluding hydrogens is 422 g/mol. The average molecular weight is 439 g/mol. The fraction of sp³-hybridized carbons (Fsp3) is 0.105. The SMILES string of the molecule is Cc1cc(NC(=O)Cn2nnc(-c3ccccc3NS(=O)(=O)c3ccccc3)n2)no1. The van der Waals surface area contributed by atoms with E-state index in [9.17, 15) is 13.2 Å². The lowest BCUT2D eigenvalue weighted by Crippen LogP contribution is -2.20. The lowest BCUT2D eigenvalue weighted by Gasteiger charge is -2.10. The number of hydrogen-bond donors (Lipinski definition) is 2. The number of hydrogen-bond acceptors (Lipinski definition) is 8. The first-order valence-electron chi connectivity index (χ1n) is 9.09.